The molecule has 3 aromatic rings. The van der Waals surface area contributed by atoms with Crippen molar-refractivity contribution in [3.63, 3.8) is 0 Å². The largest absolute Gasteiger partial charge is 0.423 e. The van der Waals surface area contributed by atoms with Crippen molar-refractivity contribution < 1.29 is 22.7 Å². The number of benzene rings is 3. The first-order valence-electron chi connectivity index (χ1n) is 9.38. The molecule has 3 rings (SSSR count). The second kappa shape index (κ2) is 11.2. The minimum atomic E-state index is -3.85. The van der Waals surface area contributed by atoms with E-state index in [4.69, 9.17) is 16.3 Å². The van der Waals surface area contributed by atoms with E-state index in [-0.39, 0.29) is 4.90 Å². The van der Waals surface area contributed by atoms with Crippen LogP contribution in [0.2, 0.25) is 5.02 Å². The maximum Gasteiger partial charge on any atom is 0.343 e. The van der Waals surface area contributed by atoms with Gasteiger partial charge in [0.15, 0.2) is 0 Å². The van der Waals surface area contributed by atoms with Gasteiger partial charge in [0.1, 0.15) is 5.75 Å². The number of hydrogen-bond acceptors (Lipinski definition) is 6. The van der Waals surface area contributed by atoms with Gasteiger partial charge in [0, 0.05) is 9.50 Å². The van der Waals surface area contributed by atoms with Crippen LogP contribution in [0.4, 0.5) is 0 Å². The molecule has 0 unspecified atom stereocenters. The van der Waals surface area contributed by atoms with Gasteiger partial charge in [-0.3, -0.25) is 4.79 Å². The van der Waals surface area contributed by atoms with E-state index in [9.17, 15) is 18.0 Å². The van der Waals surface area contributed by atoms with E-state index in [1.807, 2.05) is 0 Å². The van der Waals surface area contributed by atoms with E-state index in [0.29, 0.717) is 21.9 Å². The number of hydrogen-bond donors (Lipinski definition) is 2. The SMILES string of the molecule is O=C(CNS(=O)(=O)c1ccc(Cl)cc1)N/N=C/c1ccc(OC(=O)c2ccc(Br)cc2)cc1. The van der Waals surface area contributed by atoms with Gasteiger partial charge in [-0.25, -0.2) is 23.4 Å². The maximum absolute atomic E-state index is 12.1. The van der Waals surface area contributed by atoms with Crippen LogP contribution in [0.5, 0.6) is 5.75 Å². The zero-order chi connectivity index (χ0) is 23.8. The lowest BCUT2D eigenvalue weighted by atomic mass is 10.2. The average molecular weight is 551 g/mol. The quantitative estimate of drug-likeness (QED) is 0.192. The van der Waals surface area contributed by atoms with Crippen molar-refractivity contribution in [3.05, 3.63) is 93.4 Å². The normalized spacial score (nSPS) is 11.3. The van der Waals surface area contributed by atoms with Gasteiger partial charge in [0.25, 0.3) is 5.91 Å². The fourth-order valence-electron chi connectivity index (χ4n) is 2.45. The van der Waals surface area contributed by atoms with Crippen molar-refractivity contribution in [3.8, 4) is 5.75 Å². The van der Waals surface area contributed by atoms with E-state index in [1.165, 1.54) is 30.5 Å². The Morgan fingerprint density at radius 1 is 0.970 bits per heavy atom. The molecule has 0 aliphatic heterocycles. The number of carbonyl (C=O) groups excluding carboxylic acids is 2. The van der Waals surface area contributed by atoms with Gasteiger partial charge in [-0.15, -0.1) is 0 Å². The van der Waals surface area contributed by atoms with Gasteiger partial charge in [-0.1, -0.05) is 27.5 Å². The van der Waals surface area contributed by atoms with Gasteiger partial charge < -0.3 is 4.74 Å². The van der Waals surface area contributed by atoms with Crippen LogP contribution >= 0.6 is 27.5 Å². The van der Waals surface area contributed by atoms with E-state index in [0.717, 1.165) is 4.47 Å². The van der Waals surface area contributed by atoms with Crippen LogP contribution in [-0.2, 0) is 14.8 Å². The van der Waals surface area contributed by atoms with Crippen molar-refractivity contribution in [2.45, 2.75) is 4.90 Å². The molecule has 0 aromatic heterocycles. The van der Waals surface area contributed by atoms with Crippen molar-refractivity contribution in [1.82, 2.24) is 10.1 Å². The Balaban J connectivity index is 1.47. The number of hydrazone groups is 1. The smallest absolute Gasteiger partial charge is 0.343 e. The standard InChI is InChI=1S/C22H17BrClN3O5S/c23-17-5-3-16(4-6-17)22(29)32-19-9-1-15(2-10-19)13-25-27-21(28)14-26-33(30,31)20-11-7-18(24)8-12-20/h1-13,26H,14H2,(H,27,28)/b25-13+. The van der Waals surface area contributed by atoms with Gasteiger partial charge in [0.05, 0.1) is 23.2 Å². The molecule has 0 bridgehead atoms. The molecule has 33 heavy (non-hydrogen) atoms. The lowest BCUT2D eigenvalue weighted by molar-refractivity contribution is -0.119. The second-order valence-electron chi connectivity index (χ2n) is 6.54. The third-order valence-corrected chi connectivity index (χ3v) is 6.32. The fourth-order valence-corrected chi connectivity index (χ4v) is 3.82. The third-order valence-electron chi connectivity index (χ3n) is 4.12. The van der Waals surface area contributed by atoms with Gasteiger partial charge in [-0.05, 0) is 78.4 Å². The molecule has 0 radical (unpaired) electrons. The molecular formula is C22H17BrClN3O5S. The number of amides is 1. The molecule has 0 heterocycles. The molecule has 11 heteroatoms. The molecule has 0 atom stereocenters. The fraction of sp³-hybridized carbons (Fsp3) is 0.0455. The van der Waals surface area contributed by atoms with Gasteiger partial charge >= 0.3 is 5.97 Å². The number of rotatable bonds is 8. The number of nitrogens with one attached hydrogen (secondary N) is 2. The summed E-state index contributed by atoms with van der Waals surface area (Å²) < 4.78 is 32.6. The molecule has 170 valence electrons. The predicted octanol–water partition coefficient (Wildman–Crippen LogP) is 3.75. The maximum atomic E-state index is 12.1. The molecule has 8 nitrogen and oxygen atoms in total. The number of sulfonamides is 1. The number of nitrogens with zero attached hydrogens (tertiary/aromatic N) is 1. The van der Waals surface area contributed by atoms with Crippen LogP contribution < -0.4 is 14.9 Å². The van der Waals surface area contributed by atoms with E-state index < -0.39 is 28.4 Å². The highest BCUT2D eigenvalue weighted by Gasteiger charge is 2.15. The zero-order valence-corrected chi connectivity index (χ0v) is 20.0. The Morgan fingerprint density at radius 2 is 1.61 bits per heavy atom. The molecular weight excluding hydrogens is 534 g/mol. The number of carbonyl (C=O) groups is 2. The highest BCUT2D eigenvalue weighted by Crippen LogP contribution is 2.16. The number of ether oxygens (including phenoxy) is 1. The molecule has 1 amide bonds. The Labute approximate surface area is 203 Å². The molecule has 0 aliphatic carbocycles. The molecule has 2 N–H and O–H groups in total. The zero-order valence-electron chi connectivity index (χ0n) is 16.9. The summed E-state index contributed by atoms with van der Waals surface area (Å²) in [4.78, 5) is 24.0. The summed E-state index contributed by atoms with van der Waals surface area (Å²) in [5, 5.41) is 4.18. The molecule has 0 saturated carbocycles. The van der Waals surface area contributed by atoms with E-state index >= 15 is 0 Å². The highest BCUT2D eigenvalue weighted by molar-refractivity contribution is 9.10. The molecule has 0 saturated heterocycles. The Morgan fingerprint density at radius 3 is 2.24 bits per heavy atom. The summed E-state index contributed by atoms with van der Waals surface area (Å²) in [5.74, 6) is -0.790. The lowest BCUT2D eigenvalue weighted by Gasteiger charge is -2.06. The molecule has 0 spiro atoms. The molecule has 3 aromatic carbocycles. The lowest BCUT2D eigenvalue weighted by Crippen LogP contribution is -2.34. The van der Waals surface area contributed by atoms with Crippen LogP contribution in [0.25, 0.3) is 0 Å². The van der Waals surface area contributed by atoms with E-state index in [1.54, 1.807) is 48.5 Å². The molecule has 0 aliphatic rings. The Kier molecular flexibility index (Phi) is 8.34. The first-order valence-corrected chi connectivity index (χ1v) is 12.0. The minimum absolute atomic E-state index is 0.0101. The summed E-state index contributed by atoms with van der Waals surface area (Å²) in [6.07, 6.45) is 1.37. The predicted molar refractivity (Wildman–Crippen MR) is 128 cm³/mol. The first-order chi connectivity index (χ1) is 15.7. The summed E-state index contributed by atoms with van der Waals surface area (Å²) in [5.41, 5.74) is 3.27. The van der Waals surface area contributed by atoms with E-state index in [2.05, 4.69) is 31.2 Å². The van der Waals surface area contributed by atoms with Crippen LogP contribution in [-0.4, -0.2) is 33.1 Å². The Bertz CT molecular complexity index is 1260. The minimum Gasteiger partial charge on any atom is -0.423 e. The van der Waals surface area contributed by atoms with Crippen molar-refractivity contribution in [2.75, 3.05) is 6.54 Å². The topological polar surface area (TPSA) is 114 Å². The van der Waals surface area contributed by atoms with Crippen LogP contribution in [0.1, 0.15) is 15.9 Å². The van der Waals surface area contributed by atoms with Gasteiger partial charge in [0.2, 0.25) is 10.0 Å². The Hall–Kier alpha value is -3.05. The summed E-state index contributed by atoms with van der Waals surface area (Å²) in [6, 6.07) is 18.8. The second-order valence-corrected chi connectivity index (χ2v) is 9.66. The monoisotopic (exact) mass is 549 g/mol. The van der Waals surface area contributed by atoms with Gasteiger partial charge in [-0.2, -0.15) is 5.10 Å². The number of esters is 1. The summed E-state index contributed by atoms with van der Waals surface area (Å²) in [7, 11) is -3.85. The first kappa shape index (κ1) is 24.6. The number of halogens is 2. The summed E-state index contributed by atoms with van der Waals surface area (Å²) >= 11 is 9.04. The van der Waals surface area contributed by atoms with Crippen molar-refractivity contribution in [2.24, 2.45) is 5.10 Å². The summed E-state index contributed by atoms with van der Waals surface area (Å²) in [6.45, 7) is -0.493. The van der Waals surface area contributed by atoms with Crippen LogP contribution in [0.15, 0.2) is 87.3 Å². The van der Waals surface area contributed by atoms with Crippen molar-refractivity contribution >= 4 is 55.6 Å². The highest BCUT2D eigenvalue weighted by atomic mass is 79.9. The molecule has 0 fully saturated rings. The third kappa shape index (κ3) is 7.50. The average Bonchev–Trinajstić information content (AvgIpc) is 2.80. The van der Waals surface area contributed by atoms with Crippen LogP contribution in [0, 0.1) is 0 Å². The van der Waals surface area contributed by atoms with Crippen molar-refractivity contribution in [1.29, 1.82) is 0 Å². The van der Waals surface area contributed by atoms with Crippen LogP contribution in [0.3, 0.4) is 0 Å².